The van der Waals surface area contributed by atoms with E-state index < -0.39 is 0 Å². The van der Waals surface area contributed by atoms with Gasteiger partial charge in [-0.25, -0.2) is 0 Å². The maximum atomic E-state index is 12.0. The highest BCUT2D eigenvalue weighted by atomic mass is 16.5. The van der Waals surface area contributed by atoms with Crippen LogP contribution >= 0.6 is 0 Å². The van der Waals surface area contributed by atoms with Gasteiger partial charge in [0.05, 0.1) is 24.6 Å². The lowest BCUT2D eigenvalue weighted by Gasteiger charge is -2.27. The highest BCUT2D eigenvalue weighted by Crippen LogP contribution is 2.17. The van der Waals surface area contributed by atoms with Gasteiger partial charge < -0.3 is 21.1 Å². The standard InChI is InChI=1S/C11H15N3O2/c12-9-2-1-8(7-10(9)13)11(15)14-3-5-16-6-4-14/h1-2,7H,3-6,12-13H2. The van der Waals surface area contributed by atoms with Gasteiger partial charge in [-0.3, -0.25) is 4.79 Å². The molecule has 0 unspecified atom stereocenters. The Morgan fingerprint density at radius 2 is 1.88 bits per heavy atom. The Bertz CT molecular complexity index is 400. The summed E-state index contributed by atoms with van der Waals surface area (Å²) in [6.07, 6.45) is 0. The first-order valence-electron chi connectivity index (χ1n) is 5.20. The van der Waals surface area contributed by atoms with Crippen molar-refractivity contribution in [1.29, 1.82) is 0 Å². The third-order valence-corrected chi connectivity index (χ3v) is 2.63. The summed E-state index contributed by atoms with van der Waals surface area (Å²) >= 11 is 0. The third kappa shape index (κ3) is 2.09. The van der Waals surface area contributed by atoms with Crippen LogP contribution in [-0.2, 0) is 4.74 Å². The predicted molar refractivity (Wildman–Crippen MR) is 62.0 cm³/mol. The topological polar surface area (TPSA) is 81.6 Å². The molecule has 86 valence electrons. The number of rotatable bonds is 1. The van der Waals surface area contributed by atoms with Crippen LogP contribution in [0.1, 0.15) is 10.4 Å². The lowest BCUT2D eigenvalue weighted by molar-refractivity contribution is 0.0303. The van der Waals surface area contributed by atoms with Crippen LogP contribution < -0.4 is 11.5 Å². The summed E-state index contributed by atoms with van der Waals surface area (Å²) in [5, 5.41) is 0. The average molecular weight is 221 g/mol. The minimum atomic E-state index is -0.0185. The number of carbonyl (C=O) groups is 1. The van der Waals surface area contributed by atoms with E-state index in [1.165, 1.54) is 0 Å². The van der Waals surface area contributed by atoms with Crippen molar-refractivity contribution < 1.29 is 9.53 Å². The number of nitrogen functional groups attached to an aromatic ring is 2. The van der Waals surface area contributed by atoms with Crippen molar-refractivity contribution in [2.45, 2.75) is 0 Å². The van der Waals surface area contributed by atoms with Crippen LogP contribution in [0, 0.1) is 0 Å². The highest BCUT2D eigenvalue weighted by molar-refractivity contribution is 5.96. The van der Waals surface area contributed by atoms with E-state index >= 15 is 0 Å². The summed E-state index contributed by atoms with van der Waals surface area (Å²) in [4.78, 5) is 13.8. The average Bonchev–Trinajstić information content (AvgIpc) is 2.33. The quantitative estimate of drug-likeness (QED) is 0.669. The van der Waals surface area contributed by atoms with Crippen LogP contribution in [0.4, 0.5) is 11.4 Å². The van der Waals surface area contributed by atoms with Crippen molar-refractivity contribution >= 4 is 17.3 Å². The first-order valence-corrected chi connectivity index (χ1v) is 5.20. The summed E-state index contributed by atoms with van der Waals surface area (Å²) in [5.41, 5.74) is 12.8. The first-order chi connectivity index (χ1) is 7.68. The molecule has 0 atom stereocenters. The number of benzene rings is 1. The molecular formula is C11H15N3O2. The van der Waals surface area contributed by atoms with Crippen LogP contribution in [0.3, 0.4) is 0 Å². The molecule has 0 aliphatic carbocycles. The van der Waals surface area contributed by atoms with Crippen LogP contribution in [-0.4, -0.2) is 37.1 Å². The second-order valence-electron chi connectivity index (χ2n) is 3.75. The molecule has 1 saturated heterocycles. The van der Waals surface area contributed by atoms with Gasteiger partial charge >= 0.3 is 0 Å². The Balaban J connectivity index is 2.16. The maximum Gasteiger partial charge on any atom is 0.254 e. The molecule has 1 aromatic carbocycles. The molecule has 1 amide bonds. The summed E-state index contributed by atoms with van der Waals surface area (Å²) in [7, 11) is 0. The predicted octanol–water partition coefficient (Wildman–Crippen LogP) is 0.323. The molecule has 1 aliphatic rings. The SMILES string of the molecule is Nc1ccc(C(=O)N2CCOCC2)cc1N. The number of carbonyl (C=O) groups excluding carboxylic acids is 1. The van der Waals surface area contributed by atoms with Gasteiger partial charge in [0.2, 0.25) is 0 Å². The van der Waals surface area contributed by atoms with Crippen molar-refractivity contribution in [3.63, 3.8) is 0 Å². The zero-order chi connectivity index (χ0) is 11.5. The summed E-state index contributed by atoms with van der Waals surface area (Å²) in [6.45, 7) is 2.44. The number of anilines is 2. The van der Waals surface area contributed by atoms with Gasteiger partial charge in [0, 0.05) is 18.7 Å². The lowest BCUT2D eigenvalue weighted by atomic mass is 10.1. The van der Waals surface area contributed by atoms with E-state index in [9.17, 15) is 4.79 Å². The number of nitrogens with two attached hydrogens (primary N) is 2. The minimum Gasteiger partial charge on any atom is -0.397 e. The summed E-state index contributed by atoms with van der Waals surface area (Å²) < 4.78 is 5.19. The highest BCUT2D eigenvalue weighted by Gasteiger charge is 2.18. The number of hydrogen-bond acceptors (Lipinski definition) is 4. The molecule has 0 spiro atoms. The van der Waals surface area contributed by atoms with E-state index in [1.54, 1.807) is 23.1 Å². The van der Waals surface area contributed by atoms with E-state index in [4.69, 9.17) is 16.2 Å². The Labute approximate surface area is 94.0 Å². The van der Waals surface area contributed by atoms with Crippen molar-refractivity contribution in [3.8, 4) is 0 Å². The smallest absolute Gasteiger partial charge is 0.254 e. The summed E-state index contributed by atoms with van der Waals surface area (Å²) in [5.74, 6) is -0.0185. The molecule has 5 nitrogen and oxygen atoms in total. The van der Waals surface area contributed by atoms with Gasteiger partial charge in [0.25, 0.3) is 5.91 Å². The summed E-state index contributed by atoms with van der Waals surface area (Å²) in [6, 6.07) is 4.97. The normalized spacial score (nSPS) is 16.1. The van der Waals surface area contributed by atoms with Crippen LogP contribution in [0.5, 0.6) is 0 Å². The molecule has 0 radical (unpaired) electrons. The molecule has 5 heteroatoms. The van der Waals surface area contributed by atoms with Crippen LogP contribution in [0.15, 0.2) is 18.2 Å². The van der Waals surface area contributed by atoms with Crippen molar-refractivity contribution in [3.05, 3.63) is 23.8 Å². The largest absolute Gasteiger partial charge is 0.397 e. The van der Waals surface area contributed by atoms with E-state index in [-0.39, 0.29) is 5.91 Å². The second-order valence-corrected chi connectivity index (χ2v) is 3.75. The number of morpholine rings is 1. The van der Waals surface area contributed by atoms with Crippen molar-refractivity contribution in [2.75, 3.05) is 37.8 Å². The van der Waals surface area contributed by atoms with E-state index in [0.717, 1.165) is 0 Å². The van der Waals surface area contributed by atoms with E-state index in [0.29, 0.717) is 43.2 Å². The van der Waals surface area contributed by atoms with Gasteiger partial charge in [-0.1, -0.05) is 0 Å². The Hall–Kier alpha value is -1.75. The Kier molecular flexibility index (Phi) is 2.96. The molecule has 2 rings (SSSR count). The molecule has 1 heterocycles. The molecule has 0 saturated carbocycles. The van der Waals surface area contributed by atoms with Gasteiger partial charge in [0.1, 0.15) is 0 Å². The Morgan fingerprint density at radius 1 is 1.19 bits per heavy atom. The monoisotopic (exact) mass is 221 g/mol. The number of nitrogens with zero attached hydrogens (tertiary/aromatic N) is 1. The molecule has 16 heavy (non-hydrogen) atoms. The zero-order valence-electron chi connectivity index (χ0n) is 8.98. The second kappa shape index (κ2) is 4.40. The van der Waals surface area contributed by atoms with Crippen molar-refractivity contribution in [1.82, 2.24) is 4.90 Å². The molecular weight excluding hydrogens is 206 g/mol. The minimum absolute atomic E-state index is 0.0185. The van der Waals surface area contributed by atoms with Crippen molar-refractivity contribution in [2.24, 2.45) is 0 Å². The van der Waals surface area contributed by atoms with Gasteiger partial charge in [-0.15, -0.1) is 0 Å². The first kappa shape index (κ1) is 10.8. The lowest BCUT2D eigenvalue weighted by Crippen LogP contribution is -2.40. The zero-order valence-corrected chi connectivity index (χ0v) is 8.98. The fourth-order valence-corrected chi connectivity index (χ4v) is 1.66. The maximum absolute atomic E-state index is 12.0. The third-order valence-electron chi connectivity index (χ3n) is 2.63. The molecule has 1 fully saturated rings. The van der Waals surface area contributed by atoms with E-state index in [2.05, 4.69) is 0 Å². The molecule has 1 aromatic rings. The van der Waals surface area contributed by atoms with Crippen LogP contribution in [0.2, 0.25) is 0 Å². The van der Waals surface area contributed by atoms with Gasteiger partial charge in [0.15, 0.2) is 0 Å². The fourth-order valence-electron chi connectivity index (χ4n) is 1.66. The van der Waals surface area contributed by atoms with Gasteiger partial charge in [-0.2, -0.15) is 0 Å². The Morgan fingerprint density at radius 3 is 2.50 bits per heavy atom. The molecule has 0 bridgehead atoms. The molecule has 1 aliphatic heterocycles. The molecule has 4 N–H and O–H groups in total. The number of ether oxygens (including phenoxy) is 1. The fraction of sp³-hybridized carbons (Fsp3) is 0.364. The van der Waals surface area contributed by atoms with E-state index in [1.807, 2.05) is 0 Å². The van der Waals surface area contributed by atoms with Crippen LogP contribution in [0.25, 0.3) is 0 Å². The van der Waals surface area contributed by atoms with Gasteiger partial charge in [-0.05, 0) is 18.2 Å². The number of hydrogen-bond donors (Lipinski definition) is 2. The molecule has 0 aromatic heterocycles. The number of amides is 1.